The SMILES string of the molecule is Cc1ccc(S(=O)(=O)n2cc(Br)c3c(NC(CC(C)C)c4cccc(N5C[C@@H](C)N[C@@H](C)C5)n4)ncnc32)cc1. The molecule has 0 bridgehead atoms. The third kappa shape index (κ3) is 5.87. The first kappa shape index (κ1) is 28.5. The minimum absolute atomic E-state index is 0.139. The molecule has 4 heterocycles. The Labute approximate surface area is 244 Å². The number of fused-ring (bicyclic) bond motifs is 1. The zero-order chi connectivity index (χ0) is 28.6. The normalized spacial score (nSPS) is 18.8. The van der Waals surface area contributed by atoms with Gasteiger partial charge in [-0.2, -0.15) is 0 Å². The second-order valence-electron chi connectivity index (χ2n) is 11.1. The number of pyridine rings is 1. The van der Waals surface area contributed by atoms with Gasteiger partial charge < -0.3 is 15.5 Å². The Hall–Kier alpha value is -3.02. The van der Waals surface area contributed by atoms with Crippen LogP contribution in [0.15, 0.2) is 64.4 Å². The number of benzene rings is 1. The van der Waals surface area contributed by atoms with Crippen LogP contribution in [-0.2, 0) is 10.0 Å². The summed E-state index contributed by atoms with van der Waals surface area (Å²) < 4.78 is 28.9. The largest absolute Gasteiger partial charge is 0.361 e. The number of anilines is 2. The Morgan fingerprint density at radius 2 is 1.77 bits per heavy atom. The molecular formula is C29H36BrN7O2S. The third-order valence-corrected chi connectivity index (χ3v) is 9.36. The van der Waals surface area contributed by atoms with Gasteiger partial charge in [0.2, 0.25) is 0 Å². The first-order valence-corrected chi connectivity index (χ1v) is 15.8. The van der Waals surface area contributed by atoms with Gasteiger partial charge >= 0.3 is 0 Å². The minimum atomic E-state index is -3.86. The minimum Gasteiger partial charge on any atom is -0.361 e. The zero-order valence-electron chi connectivity index (χ0n) is 23.5. The number of nitrogens with one attached hydrogen (secondary N) is 2. The van der Waals surface area contributed by atoms with Crippen molar-refractivity contribution in [1.29, 1.82) is 0 Å². The van der Waals surface area contributed by atoms with E-state index in [-0.39, 0.29) is 10.9 Å². The van der Waals surface area contributed by atoms with E-state index in [1.807, 2.05) is 13.0 Å². The number of halogens is 1. The summed E-state index contributed by atoms with van der Waals surface area (Å²) in [5.41, 5.74) is 2.21. The zero-order valence-corrected chi connectivity index (χ0v) is 25.9. The Bertz CT molecular complexity index is 1590. The fourth-order valence-corrected chi connectivity index (χ4v) is 7.34. The lowest BCUT2D eigenvalue weighted by molar-refractivity contribution is 0.405. The molecule has 0 spiro atoms. The van der Waals surface area contributed by atoms with Crippen LogP contribution in [0.5, 0.6) is 0 Å². The van der Waals surface area contributed by atoms with E-state index >= 15 is 0 Å². The fraction of sp³-hybridized carbons (Fsp3) is 0.414. The Kier molecular flexibility index (Phi) is 8.17. The average Bonchev–Trinajstić information content (AvgIpc) is 3.26. The standard InChI is InChI=1S/C29H36BrN7O2S/c1-18(2)13-25(24-7-6-8-26(34-24)36-14-20(4)33-21(5)15-36)35-28-27-23(30)16-37(29(27)32-17-31-28)40(38,39)22-11-9-19(3)10-12-22/h6-12,16-18,20-21,25,33H,13-15H2,1-5H3,(H,31,32,35)/t20-,21+,25?. The molecule has 1 unspecified atom stereocenters. The predicted molar refractivity (Wildman–Crippen MR) is 163 cm³/mol. The Morgan fingerprint density at radius 1 is 1.07 bits per heavy atom. The molecule has 2 N–H and O–H groups in total. The highest BCUT2D eigenvalue weighted by Crippen LogP contribution is 2.35. The summed E-state index contributed by atoms with van der Waals surface area (Å²) >= 11 is 3.58. The second kappa shape index (κ2) is 11.5. The van der Waals surface area contributed by atoms with Crippen LogP contribution in [0.25, 0.3) is 11.0 Å². The van der Waals surface area contributed by atoms with E-state index in [4.69, 9.17) is 4.98 Å². The first-order chi connectivity index (χ1) is 19.0. The molecule has 40 heavy (non-hydrogen) atoms. The lowest BCUT2D eigenvalue weighted by atomic mass is 10.0. The van der Waals surface area contributed by atoms with Crippen LogP contribution in [0.3, 0.4) is 0 Å². The van der Waals surface area contributed by atoms with Crippen molar-refractivity contribution < 1.29 is 8.42 Å². The maximum atomic E-state index is 13.5. The van der Waals surface area contributed by atoms with Crippen LogP contribution in [-0.4, -0.2) is 52.5 Å². The van der Waals surface area contributed by atoms with E-state index in [0.717, 1.165) is 36.6 Å². The molecule has 1 aliphatic rings. The van der Waals surface area contributed by atoms with Gasteiger partial charge in [-0.05, 0) is 73.3 Å². The number of nitrogens with zero attached hydrogens (tertiary/aromatic N) is 5. The molecule has 1 aromatic carbocycles. The monoisotopic (exact) mass is 625 g/mol. The van der Waals surface area contributed by atoms with E-state index in [0.29, 0.717) is 39.3 Å². The molecule has 212 valence electrons. The van der Waals surface area contributed by atoms with Crippen LogP contribution in [0.1, 0.15) is 51.4 Å². The fourth-order valence-electron chi connectivity index (χ4n) is 5.32. The molecular weight excluding hydrogens is 590 g/mol. The van der Waals surface area contributed by atoms with Gasteiger partial charge in [-0.1, -0.05) is 37.6 Å². The topological polar surface area (TPSA) is 105 Å². The van der Waals surface area contributed by atoms with E-state index < -0.39 is 10.0 Å². The molecule has 3 aromatic heterocycles. The summed E-state index contributed by atoms with van der Waals surface area (Å²) in [4.78, 5) is 16.5. The summed E-state index contributed by atoms with van der Waals surface area (Å²) in [5, 5.41) is 7.77. The summed E-state index contributed by atoms with van der Waals surface area (Å²) in [5.74, 6) is 1.89. The molecule has 1 fully saturated rings. The van der Waals surface area contributed by atoms with E-state index in [9.17, 15) is 8.42 Å². The van der Waals surface area contributed by atoms with Crippen molar-refractivity contribution in [3.8, 4) is 0 Å². The molecule has 5 rings (SSSR count). The number of aryl methyl sites for hydroxylation is 1. The van der Waals surface area contributed by atoms with Crippen LogP contribution in [0.2, 0.25) is 0 Å². The number of aromatic nitrogens is 4. The maximum absolute atomic E-state index is 13.5. The lowest BCUT2D eigenvalue weighted by Gasteiger charge is -2.37. The van der Waals surface area contributed by atoms with E-state index in [1.165, 1.54) is 10.3 Å². The van der Waals surface area contributed by atoms with Gasteiger partial charge in [-0.15, -0.1) is 0 Å². The van der Waals surface area contributed by atoms with E-state index in [1.54, 1.807) is 30.5 Å². The van der Waals surface area contributed by atoms with Crippen molar-refractivity contribution in [2.24, 2.45) is 5.92 Å². The second-order valence-corrected chi connectivity index (χ2v) is 13.8. The highest BCUT2D eigenvalue weighted by atomic mass is 79.9. The van der Waals surface area contributed by atoms with Gasteiger partial charge in [0.25, 0.3) is 10.0 Å². The van der Waals surface area contributed by atoms with Crippen molar-refractivity contribution >= 4 is 48.6 Å². The van der Waals surface area contributed by atoms with Crippen molar-refractivity contribution in [3.05, 3.63) is 70.7 Å². The van der Waals surface area contributed by atoms with Gasteiger partial charge in [-0.25, -0.2) is 27.3 Å². The van der Waals surface area contributed by atoms with Gasteiger partial charge in [0.15, 0.2) is 5.65 Å². The maximum Gasteiger partial charge on any atom is 0.269 e. The number of piperazine rings is 1. The summed E-state index contributed by atoms with van der Waals surface area (Å²) in [6.45, 7) is 12.4. The summed E-state index contributed by atoms with van der Waals surface area (Å²) in [7, 11) is -3.86. The van der Waals surface area contributed by atoms with Crippen molar-refractivity contribution in [3.63, 3.8) is 0 Å². The van der Waals surface area contributed by atoms with Crippen LogP contribution in [0, 0.1) is 12.8 Å². The van der Waals surface area contributed by atoms with Crippen molar-refractivity contribution in [2.75, 3.05) is 23.3 Å². The van der Waals surface area contributed by atoms with Crippen LogP contribution in [0.4, 0.5) is 11.6 Å². The smallest absolute Gasteiger partial charge is 0.269 e. The summed E-state index contributed by atoms with van der Waals surface area (Å²) in [6, 6.07) is 13.6. The van der Waals surface area contributed by atoms with Gasteiger partial charge in [-0.3, -0.25) is 0 Å². The predicted octanol–water partition coefficient (Wildman–Crippen LogP) is 5.52. The molecule has 11 heteroatoms. The average molecular weight is 627 g/mol. The lowest BCUT2D eigenvalue weighted by Crippen LogP contribution is -2.54. The number of hydrogen-bond donors (Lipinski definition) is 2. The molecule has 0 radical (unpaired) electrons. The highest BCUT2D eigenvalue weighted by Gasteiger charge is 2.26. The van der Waals surface area contributed by atoms with Crippen molar-refractivity contribution in [2.45, 2.75) is 64.1 Å². The molecule has 3 atom stereocenters. The first-order valence-electron chi connectivity index (χ1n) is 13.6. The van der Waals surface area contributed by atoms with Crippen LogP contribution >= 0.6 is 15.9 Å². The van der Waals surface area contributed by atoms with Gasteiger partial charge in [0.05, 0.1) is 22.0 Å². The third-order valence-electron chi connectivity index (χ3n) is 7.10. The van der Waals surface area contributed by atoms with Gasteiger partial charge in [0, 0.05) is 35.8 Å². The summed E-state index contributed by atoms with van der Waals surface area (Å²) in [6.07, 6.45) is 3.76. The molecule has 1 saturated heterocycles. The number of rotatable bonds is 8. The molecule has 9 nitrogen and oxygen atoms in total. The van der Waals surface area contributed by atoms with Gasteiger partial charge in [0.1, 0.15) is 18.0 Å². The molecule has 0 aliphatic carbocycles. The quantitative estimate of drug-likeness (QED) is 0.264. The molecule has 4 aromatic rings. The number of hydrogen-bond acceptors (Lipinski definition) is 8. The molecule has 0 saturated carbocycles. The molecule has 0 amide bonds. The molecule has 1 aliphatic heterocycles. The van der Waals surface area contributed by atoms with E-state index in [2.05, 4.69) is 81.3 Å². The highest BCUT2D eigenvalue weighted by molar-refractivity contribution is 9.10. The Balaban J connectivity index is 1.51. The Morgan fingerprint density at radius 3 is 2.45 bits per heavy atom. The van der Waals surface area contributed by atoms with Crippen LogP contribution < -0.4 is 15.5 Å². The van der Waals surface area contributed by atoms with Crippen molar-refractivity contribution in [1.82, 2.24) is 24.2 Å².